The van der Waals surface area contributed by atoms with Crippen molar-refractivity contribution in [1.82, 2.24) is 0 Å². The largest absolute Gasteiger partial charge is 0.491 e. The van der Waals surface area contributed by atoms with Crippen molar-refractivity contribution in [2.24, 2.45) is 5.73 Å². The molecule has 118 valence electrons. The van der Waals surface area contributed by atoms with Crippen molar-refractivity contribution in [3.63, 3.8) is 0 Å². The van der Waals surface area contributed by atoms with Crippen LogP contribution in [0.1, 0.15) is 5.56 Å². The SMILES string of the molecule is COC(=O)Cc1ccc(OCCOCCOCCN)cc1. The first-order chi connectivity index (χ1) is 10.3. The van der Waals surface area contributed by atoms with Gasteiger partial charge in [-0.25, -0.2) is 0 Å². The van der Waals surface area contributed by atoms with Gasteiger partial charge in [-0.2, -0.15) is 0 Å². The van der Waals surface area contributed by atoms with Crippen molar-refractivity contribution >= 4 is 5.97 Å². The minimum Gasteiger partial charge on any atom is -0.491 e. The first-order valence-corrected chi connectivity index (χ1v) is 6.90. The minimum absolute atomic E-state index is 0.256. The molecular formula is C15H23NO5. The highest BCUT2D eigenvalue weighted by Gasteiger charge is 2.02. The predicted octanol–water partition coefficient (Wildman–Crippen LogP) is 0.773. The van der Waals surface area contributed by atoms with E-state index in [9.17, 15) is 4.79 Å². The fourth-order valence-electron chi connectivity index (χ4n) is 1.57. The highest BCUT2D eigenvalue weighted by molar-refractivity contribution is 5.72. The van der Waals surface area contributed by atoms with E-state index < -0.39 is 0 Å². The maximum atomic E-state index is 11.1. The van der Waals surface area contributed by atoms with E-state index in [0.717, 1.165) is 11.3 Å². The van der Waals surface area contributed by atoms with Gasteiger partial charge in [0.15, 0.2) is 0 Å². The number of benzene rings is 1. The zero-order valence-electron chi connectivity index (χ0n) is 12.4. The number of rotatable bonds is 11. The molecule has 0 aromatic heterocycles. The lowest BCUT2D eigenvalue weighted by Gasteiger charge is -2.08. The van der Waals surface area contributed by atoms with E-state index in [-0.39, 0.29) is 12.4 Å². The summed E-state index contributed by atoms with van der Waals surface area (Å²) in [5, 5.41) is 0. The van der Waals surface area contributed by atoms with Gasteiger partial charge in [0.1, 0.15) is 12.4 Å². The minimum atomic E-state index is -0.256. The number of nitrogens with two attached hydrogens (primary N) is 1. The van der Waals surface area contributed by atoms with Gasteiger partial charge in [-0.3, -0.25) is 4.79 Å². The van der Waals surface area contributed by atoms with Crippen LogP contribution in [0.4, 0.5) is 0 Å². The lowest BCUT2D eigenvalue weighted by molar-refractivity contribution is -0.139. The Morgan fingerprint density at radius 1 is 1.00 bits per heavy atom. The molecule has 1 aromatic carbocycles. The van der Waals surface area contributed by atoms with Gasteiger partial charge in [0, 0.05) is 6.54 Å². The standard InChI is InChI=1S/C15H23NO5/c1-18-15(17)12-13-2-4-14(5-3-13)21-11-10-20-9-8-19-7-6-16/h2-5H,6-12,16H2,1H3. The van der Waals surface area contributed by atoms with Crippen LogP contribution in [0.15, 0.2) is 24.3 Å². The molecule has 0 saturated carbocycles. The first kappa shape index (κ1) is 17.4. The third-order valence-corrected chi connectivity index (χ3v) is 2.63. The van der Waals surface area contributed by atoms with Gasteiger partial charge in [0.05, 0.1) is 40.0 Å². The Hall–Kier alpha value is -1.63. The van der Waals surface area contributed by atoms with Crippen molar-refractivity contribution in [3.8, 4) is 5.75 Å². The van der Waals surface area contributed by atoms with Crippen LogP contribution < -0.4 is 10.5 Å². The summed E-state index contributed by atoms with van der Waals surface area (Å²) < 4.78 is 20.6. The first-order valence-electron chi connectivity index (χ1n) is 6.90. The topological polar surface area (TPSA) is 80.0 Å². The van der Waals surface area contributed by atoms with E-state index in [2.05, 4.69) is 4.74 Å². The quantitative estimate of drug-likeness (QED) is 0.480. The molecule has 0 atom stereocenters. The molecule has 0 amide bonds. The summed E-state index contributed by atoms with van der Waals surface area (Å²) in [6, 6.07) is 7.33. The Morgan fingerprint density at radius 3 is 2.24 bits per heavy atom. The molecule has 0 spiro atoms. The number of esters is 1. The van der Waals surface area contributed by atoms with Gasteiger partial charge in [-0.15, -0.1) is 0 Å². The van der Waals surface area contributed by atoms with E-state index in [1.807, 2.05) is 24.3 Å². The van der Waals surface area contributed by atoms with Crippen LogP contribution in [0.2, 0.25) is 0 Å². The van der Waals surface area contributed by atoms with Crippen molar-refractivity contribution < 1.29 is 23.7 Å². The Labute approximate surface area is 125 Å². The molecule has 0 heterocycles. The van der Waals surface area contributed by atoms with Crippen LogP contribution in [0.3, 0.4) is 0 Å². The average Bonchev–Trinajstić information content (AvgIpc) is 2.51. The van der Waals surface area contributed by atoms with Gasteiger partial charge in [-0.05, 0) is 17.7 Å². The Bertz CT molecular complexity index is 394. The average molecular weight is 297 g/mol. The van der Waals surface area contributed by atoms with Crippen LogP contribution in [-0.4, -0.2) is 52.7 Å². The third-order valence-electron chi connectivity index (χ3n) is 2.63. The summed E-state index contributed by atoms with van der Waals surface area (Å²) in [5.41, 5.74) is 6.18. The number of hydrogen-bond donors (Lipinski definition) is 1. The van der Waals surface area contributed by atoms with Crippen LogP contribution in [0.25, 0.3) is 0 Å². The van der Waals surface area contributed by atoms with Crippen molar-refractivity contribution in [2.45, 2.75) is 6.42 Å². The zero-order valence-corrected chi connectivity index (χ0v) is 12.4. The van der Waals surface area contributed by atoms with Crippen LogP contribution in [0.5, 0.6) is 5.75 Å². The fraction of sp³-hybridized carbons (Fsp3) is 0.533. The van der Waals surface area contributed by atoms with Gasteiger partial charge < -0.3 is 24.7 Å². The molecule has 1 rings (SSSR count). The molecule has 6 nitrogen and oxygen atoms in total. The van der Waals surface area contributed by atoms with Crippen LogP contribution >= 0.6 is 0 Å². The monoisotopic (exact) mass is 297 g/mol. The summed E-state index contributed by atoms with van der Waals surface area (Å²) in [6.45, 7) is 3.11. The summed E-state index contributed by atoms with van der Waals surface area (Å²) in [6.07, 6.45) is 0.267. The van der Waals surface area contributed by atoms with Gasteiger partial charge in [0.25, 0.3) is 0 Å². The third kappa shape index (κ3) is 8.29. The second-order valence-corrected chi connectivity index (χ2v) is 4.26. The zero-order chi connectivity index (χ0) is 15.3. The van der Waals surface area contributed by atoms with Crippen molar-refractivity contribution in [3.05, 3.63) is 29.8 Å². The number of methoxy groups -OCH3 is 1. The normalized spacial score (nSPS) is 10.4. The molecule has 0 saturated heterocycles. The molecule has 21 heavy (non-hydrogen) atoms. The summed E-state index contributed by atoms with van der Waals surface area (Å²) >= 11 is 0. The molecule has 0 aliphatic heterocycles. The maximum absolute atomic E-state index is 11.1. The second kappa shape index (κ2) is 11.1. The molecule has 0 radical (unpaired) electrons. The van der Waals surface area contributed by atoms with E-state index in [0.29, 0.717) is 39.6 Å². The number of hydrogen-bond acceptors (Lipinski definition) is 6. The molecular weight excluding hydrogens is 274 g/mol. The molecule has 0 fully saturated rings. The van der Waals surface area contributed by atoms with Crippen LogP contribution in [-0.2, 0) is 25.4 Å². The van der Waals surface area contributed by atoms with Gasteiger partial charge in [0.2, 0.25) is 0 Å². The lowest BCUT2D eigenvalue weighted by atomic mass is 10.1. The Morgan fingerprint density at radius 2 is 1.62 bits per heavy atom. The number of carbonyl (C=O) groups excluding carboxylic acids is 1. The molecule has 0 unspecified atom stereocenters. The second-order valence-electron chi connectivity index (χ2n) is 4.26. The highest BCUT2D eigenvalue weighted by atomic mass is 16.5. The molecule has 1 aromatic rings. The Balaban J connectivity index is 2.11. The summed E-state index contributed by atoms with van der Waals surface area (Å²) in [5.74, 6) is 0.487. The summed E-state index contributed by atoms with van der Waals surface area (Å²) in [7, 11) is 1.38. The molecule has 2 N–H and O–H groups in total. The smallest absolute Gasteiger partial charge is 0.309 e. The predicted molar refractivity (Wildman–Crippen MR) is 78.3 cm³/mol. The van der Waals surface area contributed by atoms with E-state index in [1.54, 1.807) is 0 Å². The van der Waals surface area contributed by atoms with Gasteiger partial charge >= 0.3 is 5.97 Å². The highest BCUT2D eigenvalue weighted by Crippen LogP contribution is 2.12. The maximum Gasteiger partial charge on any atom is 0.309 e. The van der Waals surface area contributed by atoms with Crippen LogP contribution in [0, 0.1) is 0 Å². The number of ether oxygens (including phenoxy) is 4. The van der Waals surface area contributed by atoms with Crippen molar-refractivity contribution in [2.75, 3.05) is 46.7 Å². The fourth-order valence-corrected chi connectivity index (χ4v) is 1.57. The van der Waals surface area contributed by atoms with Crippen molar-refractivity contribution in [1.29, 1.82) is 0 Å². The van der Waals surface area contributed by atoms with E-state index >= 15 is 0 Å². The molecule has 0 bridgehead atoms. The molecule has 6 heteroatoms. The lowest BCUT2D eigenvalue weighted by Crippen LogP contribution is -2.14. The van der Waals surface area contributed by atoms with Gasteiger partial charge in [-0.1, -0.05) is 12.1 Å². The summed E-state index contributed by atoms with van der Waals surface area (Å²) in [4.78, 5) is 11.1. The van der Waals surface area contributed by atoms with E-state index in [4.69, 9.17) is 19.9 Å². The molecule has 0 aliphatic rings. The molecule has 0 aliphatic carbocycles. The van der Waals surface area contributed by atoms with E-state index in [1.165, 1.54) is 7.11 Å². The number of carbonyl (C=O) groups is 1. The Kier molecular flexibility index (Phi) is 9.19.